The molecule has 13 nitrogen and oxygen atoms in total. The summed E-state index contributed by atoms with van der Waals surface area (Å²) in [4.78, 5) is 27.6. The Kier molecular flexibility index (Phi) is 10.3. The largest absolute Gasteiger partial charge is 0.462 e. The van der Waals surface area contributed by atoms with E-state index in [2.05, 4.69) is 20.0 Å². The average Bonchev–Trinajstić information content (AvgIpc) is 3.49. The van der Waals surface area contributed by atoms with Gasteiger partial charge in [-0.25, -0.2) is 23.9 Å². The van der Waals surface area contributed by atoms with Gasteiger partial charge in [0.05, 0.1) is 24.9 Å². The van der Waals surface area contributed by atoms with E-state index in [1.54, 1.807) is 51.1 Å². The number of anilines is 1. The molecule has 236 valence electrons. The van der Waals surface area contributed by atoms with E-state index in [-0.39, 0.29) is 5.75 Å². The van der Waals surface area contributed by atoms with Crippen molar-refractivity contribution in [3.63, 3.8) is 0 Å². The Morgan fingerprint density at radius 3 is 2.63 bits per heavy atom. The molecule has 3 heterocycles. The van der Waals surface area contributed by atoms with Crippen LogP contribution in [0.4, 0.5) is 10.2 Å². The maximum Gasteiger partial charge on any atom is 0.459 e. The Labute approximate surface area is 254 Å². The van der Waals surface area contributed by atoms with Crippen LogP contribution in [-0.2, 0) is 23.4 Å². The molecule has 0 spiro atoms. The van der Waals surface area contributed by atoms with Crippen LogP contribution in [0.15, 0.2) is 36.7 Å². The summed E-state index contributed by atoms with van der Waals surface area (Å²) in [6.07, 6.45) is -4.27. The second-order valence-corrected chi connectivity index (χ2v) is 12.5. The first-order valence-corrected chi connectivity index (χ1v) is 15.9. The number of carbonyl (C=O) groups excluding carboxylic acids is 1. The standard InChI is InChI=1S/C27H37ClFN6O7P/c1-7-34(6)23-21-24(32-18(5)31-23)35(15-30-21)25-20(29)22(36)27(13-28,41-25)14-39-43(38,42-19-11-9-8-10-12-19)33-17(4)26(37)40-16(2)3/h8-12,15-17,20,22,25,36H,7,13-14H2,1-6H3,(H,33,38)/t17-,20+,22-,25+,27+,43+/m0/s1. The van der Waals surface area contributed by atoms with Crippen molar-refractivity contribution in [2.24, 2.45) is 0 Å². The number of benzene rings is 1. The van der Waals surface area contributed by atoms with Crippen LogP contribution in [0.5, 0.6) is 5.75 Å². The summed E-state index contributed by atoms with van der Waals surface area (Å²) in [7, 11) is -2.52. The minimum absolute atomic E-state index is 0.171. The predicted molar refractivity (Wildman–Crippen MR) is 158 cm³/mol. The molecule has 6 atom stereocenters. The Morgan fingerprint density at radius 1 is 1.30 bits per heavy atom. The lowest BCUT2D eigenvalue weighted by Crippen LogP contribution is -2.48. The number of nitrogens with one attached hydrogen (secondary N) is 1. The fraction of sp³-hybridized carbons (Fsp3) is 0.556. The Hall–Kier alpha value is -2.87. The topological polar surface area (TPSA) is 150 Å². The van der Waals surface area contributed by atoms with Gasteiger partial charge in [0.1, 0.15) is 29.3 Å². The highest BCUT2D eigenvalue weighted by Gasteiger charge is 2.57. The molecule has 0 saturated carbocycles. The second kappa shape index (κ2) is 13.4. The van der Waals surface area contributed by atoms with Crippen LogP contribution in [0.3, 0.4) is 0 Å². The number of ether oxygens (including phenoxy) is 2. The molecule has 0 bridgehead atoms. The summed E-state index contributed by atoms with van der Waals surface area (Å²) in [5, 5.41) is 13.6. The monoisotopic (exact) mass is 642 g/mol. The molecule has 1 aliphatic rings. The number of alkyl halides is 2. The number of hydrogen-bond acceptors (Lipinski definition) is 11. The summed E-state index contributed by atoms with van der Waals surface area (Å²) in [5.74, 6) is 0.0252. The number of imidazole rings is 1. The minimum atomic E-state index is -4.36. The van der Waals surface area contributed by atoms with Gasteiger partial charge >= 0.3 is 13.7 Å². The first-order valence-electron chi connectivity index (χ1n) is 13.8. The zero-order chi connectivity index (χ0) is 31.5. The van der Waals surface area contributed by atoms with Crippen LogP contribution in [0, 0.1) is 6.92 Å². The summed E-state index contributed by atoms with van der Waals surface area (Å²) in [6.45, 7) is 8.41. The fourth-order valence-electron chi connectivity index (χ4n) is 4.44. The van der Waals surface area contributed by atoms with E-state index in [0.29, 0.717) is 29.4 Å². The van der Waals surface area contributed by atoms with Crippen molar-refractivity contribution >= 4 is 42.3 Å². The lowest BCUT2D eigenvalue weighted by molar-refractivity contribution is -0.149. The number of rotatable bonds is 13. The second-order valence-electron chi connectivity index (χ2n) is 10.5. The minimum Gasteiger partial charge on any atom is -0.462 e. The quantitative estimate of drug-likeness (QED) is 0.158. The van der Waals surface area contributed by atoms with E-state index >= 15 is 4.39 Å². The summed E-state index contributed by atoms with van der Waals surface area (Å²) >= 11 is 6.27. The van der Waals surface area contributed by atoms with E-state index < -0.39 is 62.5 Å². The number of carbonyl (C=O) groups is 1. The van der Waals surface area contributed by atoms with Crippen LogP contribution in [0.25, 0.3) is 11.2 Å². The summed E-state index contributed by atoms with van der Waals surface area (Å²) in [5.41, 5.74) is -1.15. The molecule has 0 aliphatic carbocycles. The van der Waals surface area contributed by atoms with Gasteiger partial charge in [0.25, 0.3) is 0 Å². The van der Waals surface area contributed by atoms with Gasteiger partial charge in [0, 0.05) is 13.6 Å². The molecule has 1 aromatic carbocycles. The summed E-state index contributed by atoms with van der Waals surface area (Å²) in [6, 6.07) is 7.01. The number of hydrogen-bond donors (Lipinski definition) is 2. The number of esters is 1. The maximum absolute atomic E-state index is 15.8. The number of aryl methyl sites for hydroxylation is 1. The lowest BCUT2D eigenvalue weighted by Gasteiger charge is -2.31. The van der Waals surface area contributed by atoms with Crippen molar-refractivity contribution in [2.75, 3.05) is 31.0 Å². The molecule has 1 fully saturated rings. The van der Waals surface area contributed by atoms with E-state index in [1.807, 2.05) is 18.9 Å². The normalized spacial score (nSPS) is 24.2. The van der Waals surface area contributed by atoms with E-state index in [9.17, 15) is 14.5 Å². The smallest absolute Gasteiger partial charge is 0.459 e. The van der Waals surface area contributed by atoms with Gasteiger partial charge in [-0.15, -0.1) is 11.6 Å². The molecular formula is C27H37ClFN6O7P. The molecule has 1 saturated heterocycles. The number of nitrogens with zero attached hydrogens (tertiary/aromatic N) is 5. The van der Waals surface area contributed by atoms with Crippen molar-refractivity contribution < 1.29 is 37.4 Å². The number of fused-ring (bicyclic) bond motifs is 1. The highest BCUT2D eigenvalue weighted by molar-refractivity contribution is 7.52. The number of aliphatic hydroxyl groups is 1. The van der Waals surface area contributed by atoms with Gasteiger partial charge in [-0.05, 0) is 46.8 Å². The van der Waals surface area contributed by atoms with Gasteiger partial charge in [-0.3, -0.25) is 13.9 Å². The molecule has 1 aliphatic heterocycles. The van der Waals surface area contributed by atoms with Crippen molar-refractivity contribution in [3.05, 3.63) is 42.5 Å². The number of aromatic nitrogens is 4. The zero-order valence-electron chi connectivity index (χ0n) is 24.8. The predicted octanol–water partition coefficient (Wildman–Crippen LogP) is 3.93. The Bertz CT molecular complexity index is 1470. The highest BCUT2D eigenvalue weighted by Crippen LogP contribution is 2.49. The molecule has 3 aromatic rings. The fourth-order valence-corrected chi connectivity index (χ4v) is 6.28. The Balaban J connectivity index is 1.62. The highest BCUT2D eigenvalue weighted by atomic mass is 35.5. The lowest BCUT2D eigenvalue weighted by atomic mass is 9.99. The Morgan fingerprint density at radius 2 is 2.00 bits per heavy atom. The van der Waals surface area contributed by atoms with Crippen molar-refractivity contribution in [1.82, 2.24) is 24.6 Å². The SMILES string of the molecule is CCN(C)c1nc(C)nc2c1ncn2[C@@H]1O[C@](CCl)(CO[P@](=O)(N[C@@H](C)C(=O)OC(C)C)Oc2ccccc2)[C@@H](O)[C@H]1F. The molecule has 0 radical (unpaired) electrons. The van der Waals surface area contributed by atoms with Crippen molar-refractivity contribution in [2.45, 2.75) is 70.9 Å². The molecule has 0 amide bonds. The van der Waals surface area contributed by atoms with Crippen molar-refractivity contribution in [3.8, 4) is 5.75 Å². The molecule has 16 heteroatoms. The molecule has 2 aromatic heterocycles. The van der Waals surface area contributed by atoms with Gasteiger partial charge < -0.3 is 24.0 Å². The van der Waals surface area contributed by atoms with Gasteiger partial charge in [-0.1, -0.05) is 18.2 Å². The molecule has 43 heavy (non-hydrogen) atoms. The van der Waals surface area contributed by atoms with Gasteiger partial charge in [0.2, 0.25) is 0 Å². The number of aliphatic hydroxyl groups excluding tert-OH is 1. The number of halogens is 2. The average molecular weight is 643 g/mol. The zero-order valence-corrected chi connectivity index (χ0v) is 26.5. The molecule has 0 unspecified atom stereocenters. The third-order valence-corrected chi connectivity index (χ3v) is 8.90. The van der Waals surface area contributed by atoms with Gasteiger partial charge in [0.15, 0.2) is 29.4 Å². The van der Waals surface area contributed by atoms with Crippen molar-refractivity contribution in [1.29, 1.82) is 0 Å². The van der Waals surface area contributed by atoms with Crippen LogP contribution in [-0.4, -0.2) is 86.7 Å². The van der Waals surface area contributed by atoms with Crippen LogP contribution in [0.1, 0.15) is 39.7 Å². The maximum atomic E-state index is 15.8. The van der Waals surface area contributed by atoms with E-state index in [4.69, 9.17) is 30.1 Å². The first-order chi connectivity index (χ1) is 20.3. The molecule has 2 N–H and O–H groups in total. The number of para-hydroxylation sites is 1. The van der Waals surface area contributed by atoms with Crippen LogP contribution >= 0.6 is 19.3 Å². The van der Waals surface area contributed by atoms with Gasteiger partial charge in [-0.2, -0.15) is 5.09 Å². The van der Waals surface area contributed by atoms with E-state index in [0.717, 1.165) is 0 Å². The first kappa shape index (κ1) is 33.0. The third kappa shape index (κ3) is 7.11. The van der Waals surface area contributed by atoms with E-state index in [1.165, 1.54) is 17.8 Å². The summed E-state index contributed by atoms with van der Waals surface area (Å²) < 4.78 is 53.8. The third-order valence-electron chi connectivity index (χ3n) is 6.82. The molecule has 4 rings (SSSR count). The molecular weight excluding hydrogens is 606 g/mol. The van der Waals surface area contributed by atoms with Crippen LogP contribution in [0.2, 0.25) is 0 Å². The van der Waals surface area contributed by atoms with Crippen LogP contribution < -0.4 is 14.5 Å².